The van der Waals surface area contributed by atoms with Gasteiger partial charge in [0.05, 0.1) is 7.11 Å². The topological polar surface area (TPSA) is 58.6 Å². The maximum absolute atomic E-state index is 13.7. The Bertz CT molecular complexity index is 1220. The third-order valence-electron chi connectivity index (χ3n) is 7.74. The summed E-state index contributed by atoms with van der Waals surface area (Å²) in [5.74, 6) is 1.45. The van der Waals surface area contributed by atoms with Crippen LogP contribution in [-0.4, -0.2) is 43.0 Å². The van der Waals surface area contributed by atoms with E-state index in [0.29, 0.717) is 29.6 Å². The predicted molar refractivity (Wildman–Crippen MR) is 139 cm³/mol. The van der Waals surface area contributed by atoms with Gasteiger partial charge < -0.3 is 15.0 Å². The monoisotopic (exact) mass is 470 g/mol. The van der Waals surface area contributed by atoms with Crippen molar-refractivity contribution in [3.63, 3.8) is 0 Å². The molecular formula is C30H34N2O3. The summed E-state index contributed by atoms with van der Waals surface area (Å²) >= 11 is 0. The second-order valence-corrected chi connectivity index (χ2v) is 9.82. The number of benzene rings is 3. The summed E-state index contributed by atoms with van der Waals surface area (Å²) in [7, 11) is 1.65. The van der Waals surface area contributed by atoms with E-state index in [4.69, 9.17) is 4.74 Å². The van der Waals surface area contributed by atoms with Gasteiger partial charge in [-0.1, -0.05) is 49.2 Å². The molecule has 35 heavy (non-hydrogen) atoms. The molecule has 1 N–H and O–H groups in total. The molecule has 1 aliphatic carbocycles. The van der Waals surface area contributed by atoms with Gasteiger partial charge in [0.25, 0.3) is 11.8 Å². The van der Waals surface area contributed by atoms with Gasteiger partial charge in [-0.05, 0) is 78.6 Å². The first kappa shape index (κ1) is 23.4. The first-order valence-corrected chi connectivity index (χ1v) is 12.9. The number of ether oxygens (including phenoxy) is 1. The van der Waals surface area contributed by atoms with E-state index in [1.807, 2.05) is 60.7 Å². The molecule has 3 aromatic rings. The molecule has 182 valence electrons. The molecule has 0 unspecified atom stereocenters. The summed E-state index contributed by atoms with van der Waals surface area (Å²) in [6, 6.07) is 19.7. The minimum Gasteiger partial charge on any atom is -0.497 e. The molecule has 5 rings (SSSR count). The van der Waals surface area contributed by atoms with E-state index in [1.54, 1.807) is 7.11 Å². The van der Waals surface area contributed by atoms with Gasteiger partial charge in [-0.25, -0.2) is 0 Å². The van der Waals surface area contributed by atoms with Gasteiger partial charge in [0.2, 0.25) is 0 Å². The molecule has 1 saturated carbocycles. The van der Waals surface area contributed by atoms with Crippen LogP contribution in [0, 0.1) is 5.92 Å². The van der Waals surface area contributed by atoms with Gasteiger partial charge in [0.1, 0.15) is 5.75 Å². The zero-order valence-corrected chi connectivity index (χ0v) is 20.5. The number of carbonyl (C=O) groups is 2. The Morgan fingerprint density at radius 2 is 1.66 bits per heavy atom. The van der Waals surface area contributed by atoms with Crippen molar-refractivity contribution < 1.29 is 14.3 Å². The van der Waals surface area contributed by atoms with Crippen molar-refractivity contribution in [2.75, 3.05) is 20.2 Å². The molecule has 2 atom stereocenters. The third kappa shape index (κ3) is 4.90. The molecule has 0 spiro atoms. The second-order valence-electron chi connectivity index (χ2n) is 9.82. The second kappa shape index (κ2) is 10.5. The lowest BCUT2D eigenvalue weighted by Gasteiger charge is -2.44. The third-order valence-corrected chi connectivity index (χ3v) is 7.74. The number of nitrogens with zero attached hydrogens (tertiary/aromatic N) is 1. The fourth-order valence-corrected chi connectivity index (χ4v) is 5.96. The van der Waals surface area contributed by atoms with E-state index in [9.17, 15) is 9.59 Å². The average molecular weight is 471 g/mol. The first-order chi connectivity index (χ1) is 17.2. The van der Waals surface area contributed by atoms with E-state index in [-0.39, 0.29) is 11.8 Å². The molecule has 2 aliphatic rings. The van der Waals surface area contributed by atoms with E-state index < -0.39 is 0 Å². The minimum atomic E-state index is -0.117. The van der Waals surface area contributed by atoms with Crippen molar-refractivity contribution in [3.8, 4) is 5.75 Å². The fraction of sp³-hybridized carbons (Fsp3) is 0.400. The molecular weight excluding hydrogens is 436 g/mol. The average Bonchev–Trinajstić information content (AvgIpc) is 2.91. The van der Waals surface area contributed by atoms with E-state index in [2.05, 4.69) is 10.2 Å². The van der Waals surface area contributed by atoms with Gasteiger partial charge in [-0.3, -0.25) is 9.59 Å². The van der Waals surface area contributed by atoms with Crippen LogP contribution in [-0.2, 0) is 6.42 Å². The van der Waals surface area contributed by atoms with Crippen molar-refractivity contribution in [1.82, 2.24) is 10.2 Å². The van der Waals surface area contributed by atoms with Crippen LogP contribution in [0.25, 0.3) is 10.8 Å². The molecule has 5 heteroatoms. The van der Waals surface area contributed by atoms with Gasteiger partial charge in [0, 0.05) is 30.3 Å². The molecule has 2 amide bonds. The van der Waals surface area contributed by atoms with Crippen LogP contribution in [0.15, 0.2) is 60.7 Å². The Morgan fingerprint density at radius 1 is 0.914 bits per heavy atom. The van der Waals surface area contributed by atoms with Gasteiger partial charge in [-0.15, -0.1) is 0 Å². The summed E-state index contributed by atoms with van der Waals surface area (Å²) in [5, 5.41) is 4.74. The number of hydrogen-bond donors (Lipinski definition) is 1. The number of amides is 2. The lowest BCUT2D eigenvalue weighted by atomic mass is 9.78. The SMILES string of the molecule is COc1cccc(CCNC(=O)c2ccc(C(=O)N3CCC[C@@H]4CCCC[C@@H]43)c3ccccc23)c1. The Morgan fingerprint density at radius 3 is 2.49 bits per heavy atom. The number of hydrogen-bond acceptors (Lipinski definition) is 3. The lowest BCUT2D eigenvalue weighted by molar-refractivity contribution is 0.0392. The predicted octanol–water partition coefficient (Wildman–Crippen LogP) is 5.62. The van der Waals surface area contributed by atoms with Crippen molar-refractivity contribution in [1.29, 1.82) is 0 Å². The summed E-state index contributed by atoms with van der Waals surface area (Å²) in [5.41, 5.74) is 2.43. The summed E-state index contributed by atoms with van der Waals surface area (Å²) in [6.07, 6.45) is 7.89. The zero-order valence-electron chi connectivity index (χ0n) is 20.5. The number of nitrogens with one attached hydrogen (secondary N) is 1. The van der Waals surface area contributed by atoms with Crippen molar-refractivity contribution in [2.24, 2.45) is 5.92 Å². The van der Waals surface area contributed by atoms with Crippen LogP contribution in [0.4, 0.5) is 0 Å². The highest BCUT2D eigenvalue weighted by molar-refractivity contribution is 6.14. The van der Waals surface area contributed by atoms with Crippen LogP contribution < -0.4 is 10.1 Å². The van der Waals surface area contributed by atoms with Crippen LogP contribution >= 0.6 is 0 Å². The standard InChI is InChI=1S/C30H34N2O3/c1-35-23-11-6-8-21(20-23)17-18-31-29(33)26-15-16-27(25-13-4-3-12-24(25)26)30(34)32-19-7-10-22-9-2-5-14-28(22)32/h3-4,6,8,11-13,15-16,20,22,28H,2,5,7,9-10,14,17-19H2,1H3,(H,31,33)/t22-,28-/m0/s1. The normalized spacial score (nSPS) is 19.7. The number of piperidine rings is 1. The molecule has 1 saturated heterocycles. The Kier molecular flexibility index (Phi) is 7.03. The largest absolute Gasteiger partial charge is 0.497 e. The molecule has 1 aliphatic heterocycles. The first-order valence-electron chi connectivity index (χ1n) is 12.9. The lowest BCUT2D eigenvalue weighted by Crippen LogP contribution is -2.49. The Labute approximate surface area is 207 Å². The summed E-state index contributed by atoms with van der Waals surface area (Å²) < 4.78 is 5.28. The maximum atomic E-state index is 13.7. The minimum absolute atomic E-state index is 0.114. The molecule has 0 aromatic heterocycles. The molecule has 2 fully saturated rings. The summed E-state index contributed by atoms with van der Waals surface area (Å²) in [6.45, 7) is 1.36. The number of rotatable bonds is 6. The summed E-state index contributed by atoms with van der Waals surface area (Å²) in [4.78, 5) is 29.0. The molecule has 5 nitrogen and oxygen atoms in total. The van der Waals surface area contributed by atoms with Gasteiger partial charge in [0.15, 0.2) is 0 Å². The number of fused-ring (bicyclic) bond motifs is 2. The molecule has 3 aromatic carbocycles. The van der Waals surface area contributed by atoms with Crippen LogP contribution in [0.3, 0.4) is 0 Å². The molecule has 0 bridgehead atoms. The van der Waals surface area contributed by atoms with E-state index in [0.717, 1.165) is 47.9 Å². The van der Waals surface area contributed by atoms with E-state index in [1.165, 1.54) is 25.7 Å². The number of carbonyl (C=O) groups excluding carboxylic acids is 2. The molecule has 1 heterocycles. The Hall–Kier alpha value is -3.34. The highest BCUT2D eigenvalue weighted by atomic mass is 16.5. The zero-order chi connectivity index (χ0) is 24.2. The fourth-order valence-electron chi connectivity index (χ4n) is 5.96. The van der Waals surface area contributed by atoms with Crippen molar-refractivity contribution >= 4 is 22.6 Å². The Balaban J connectivity index is 1.34. The smallest absolute Gasteiger partial charge is 0.254 e. The van der Waals surface area contributed by atoms with Crippen molar-refractivity contribution in [2.45, 2.75) is 51.0 Å². The van der Waals surface area contributed by atoms with Crippen LogP contribution in [0.1, 0.15) is 64.8 Å². The highest BCUT2D eigenvalue weighted by Crippen LogP contribution is 2.36. The van der Waals surface area contributed by atoms with Crippen LogP contribution in [0.5, 0.6) is 5.75 Å². The maximum Gasteiger partial charge on any atom is 0.254 e. The number of methoxy groups -OCH3 is 1. The quantitative estimate of drug-likeness (QED) is 0.509. The van der Waals surface area contributed by atoms with Gasteiger partial charge >= 0.3 is 0 Å². The van der Waals surface area contributed by atoms with Gasteiger partial charge in [-0.2, -0.15) is 0 Å². The van der Waals surface area contributed by atoms with Crippen LogP contribution in [0.2, 0.25) is 0 Å². The molecule has 0 radical (unpaired) electrons. The van der Waals surface area contributed by atoms with E-state index >= 15 is 0 Å². The van der Waals surface area contributed by atoms with Crippen molar-refractivity contribution in [3.05, 3.63) is 77.4 Å². The highest BCUT2D eigenvalue weighted by Gasteiger charge is 2.36. The number of likely N-dealkylation sites (tertiary alicyclic amines) is 1.